The maximum atomic E-state index is 11.6. The van der Waals surface area contributed by atoms with Gasteiger partial charge in [-0.05, 0) is 32.4 Å². The van der Waals surface area contributed by atoms with Crippen molar-refractivity contribution in [3.8, 4) is 0 Å². The van der Waals surface area contributed by atoms with E-state index in [0.717, 1.165) is 0 Å². The van der Waals surface area contributed by atoms with Crippen LogP contribution in [-0.2, 0) is 4.79 Å². The zero-order chi connectivity index (χ0) is 10.0. The van der Waals surface area contributed by atoms with E-state index >= 15 is 0 Å². The third-order valence-electron chi connectivity index (χ3n) is 2.52. The van der Waals surface area contributed by atoms with Crippen LogP contribution in [0.1, 0.15) is 12.8 Å². The third kappa shape index (κ3) is 3.19. The van der Waals surface area contributed by atoms with Gasteiger partial charge in [0.25, 0.3) is 0 Å². The van der Waals surface area contributed by atoms with Crippen molar-refractivity contribution in [2.24, 2.45) is 0 Å². The fraction of sp³-hybridized carbons (Fsp3) is 0.889. The van der Waals surface area contributed by atoms with Gasteiger partial charge in [-0.25, -0.2) is 0 Å². The van der Waals surface area contributed by atoms with E-state index in [1.54, 1.807) is 0 Å². The van der Waals surface area contributed by atoms with Crippen molar-refractivity contribution in [1.82, 2.24) is 9.21 Å². The van der Waals surface area contributed by atoms with Gasteiger partial charge in [-0.3, -0.25) is 9.69 Å². The number of hydrogen-bond acceptors (Lipinski definition) is 2. The molecule has 0 saturated heterocycles. The SMILES string of the molecule is CN(CC(=O)N(C)[SH](C)C)C1CC1. The van der Waals surface area contributed by atoms with E-state index in [0.29, 0.717) is 12.6 Å². The summed E-state index contributed by atoms with van der Waals surface area (Å²) in [6.45, 7) is 0.585. The van der Waals surface area contributed by atoms with Gasteiger partial charge >= 0.3 is 0 Å². The average molecular weight is 204 g/mol. The Bertz CT molecular complexity index is 192. The molecule has 0 radical (unpaired) electrons. The molecule has 1 aliphatic carbocycles. The molecule has 0 heterocycles. The second-order valence-electron chi connectivity index (χ2n) is 3.91. The van der Waals surface area contributed by atoms with Gasteiger partial charge in [0.2, 0.25) is 5.91 Å². The van der Waals surface area contributed by atoms with Gasteiger partial charge in [0, 0.05) is 13.1 Å². The van der Waals surface area contributed by atoms with Crippen molar-refractivity contribution < 1.29 is 4.79 Å². The second-order valence-corrected chi connectivity index (χ2v) is 6.21. The molecule has 0 atom stereocenters. The number of carbonyl (C=O) groups excluding carboxylic acids is 1. The van der Waals surface area contributed by atoms with E-state index in [1.807, 2.05) is 18.4 Å². The largest absolute Gasteiger partial charge is 0.310 e. The van der Waals surface area contributed by atoms with Gasteiger partial charge in [-0.15, -0.1) is 0 Å². The van der Waals surface area contributed by atoms with Crippen LogP contribution >= 0.6 is 11.1 Å². The molecule has 0 aromatic carbocycles. The second kappa shape index (κ2) is 4.33. The van der Waals surface area contributed by atoms with Crippen molar-refractivity contribution in [2.45, 2.75) is 18.9 Å². The lowest BCUT2D eigenvalue weighted by atomic mass is 10.5. The molecule has 1 rings (SSSR count). The average Bonchev–Trinajstić information content (AvgIpc) is 2.84. The highest BCUT2D eigenvalue weighted by Crippen LogP contribution is 2.26. The first-order valence-electron chi connectivity index (χ1n) is 4.66. The normalized spacial score (nSPS) is 17.5. The molecule has 1 saturated carbocycles. The maximum Gasteiger partial charge on any atom is 0.244 e. The van der Waals surface area contributed by atoms with Crippen LogP contribution in [0.5, 0.6) is 0 Å². The van der Waals surface area contributed by atoms with Crippen molar-refractivity contribution in [3.05, 3.63) is 0 Å². The zero-order valence-electron chi connectivity index (χ0n) is 8.95. The van der Waals surface area contributed by atoms with Crippen molar-refractivity contribution >= 4 is 17.0 Å². The fourth-order valence-corrected chi connectivity index (χ4v) is 1.69. The standard InChI is InChI=1S/C9H20N2OS/c1-10(8-5-6-8)7-9(12)11(2)13(3)4/h8,13H,5-7H2,1-4H3. The van der Waals surface area contributed by atoms with Crippen molar-refractivity contribution in [3.63, 3.8) is 0 Å². The molecule has 0 N–H and O–H groups in total. The minimum Gasteiger partial charge on any atom is -0.310 e. The number of nitrogens with zero attached hydrogens (tertiary/aromatic N) is 2. The summed E-state index contributed by atoms with van der Waals surface area (Å²) >= 11 is -0.273. The Hall–Kier alpha value is -0.220. The highest BCUT2D eigenvalue weighted by Gasteiger charge is 2.28. The van der Waals surface area contributed by atoms with Crippen LogP contribution in [0.15, 0.2) is 0 Å². The predicted octanol–water partition coefficient (Wildman–Crippen LogP) is 0.715. The molecule has 1 aliphatic rings. The lowest BCUT2D eigenvalue weighted by Crippen LogP contribution is -2.35. The minimum absolute atomic E-state index is 0.255. The van der Waals surface area contributed by atoms with Crippen molar-refractivity contribution in [1.29, 1.82) is 0 Å². The van der Waals surface area contributed by atoms with E-state index in [2.05, 4.69) is 17.4 Å². The van der Waals surface area contributed by atoms with E-state index < -0.39 is 0 Å². The molecule has 78 valence electrons. The zero-order valence-corrected chi connectivity index (χ0v) is 9.84. The number of rotatable bonds is 4. The number of hydrogen-bond donors (Lipinski definition) is 1. The highest BCUT2D eigenvalue weighted by molar-refractivity contribution is 8.14. The predicted molar refractivity (Wildman–Crippen MR) is 59.3 cm³/mol. The van der Waals surface area contributed by atoms with E-state index in [1.165, 1.54) is 12.8 Å². The summed E-state index contributed by atoms with van der Waals surface area (Å²) in [6.07, 6.45) is 6.73. The summed E-state index contributed by atoms with van der Waals surface area (Å²) in [5.41, 5.74) is 0. The van der Waals surface area contributed by atoms with Crippen LogP contribution < -0.4 is 0 Å². The van der Waals surface area contributed by atoms with Crippen molar-refractivity contribution in [2.75, 3.05) is 33.2 Å². The molecule has 1 amide bonds. The molecule has 1 fully saturated rings. The summed E-state index contributed by atoms with van der Waals surface area (Å²) in [7, 11) is 3.94. The minimum atomic E-state index is -0.273. The van der Waals surface area contributed by atoms with Crippen LogP contribution in [0.2, 0.25) is 0 Å². The molecule has 13 heavy (non-hydrogen) atoms. The Morgan fingerprint density at radius 2 is 1.92 bits per heavy atom. The molecule has 0 aromatic heterocycles. The van der Waals surface area contributed by atoms with Crippen LogP contribution in [0.4, 0.5) is 0 Å². The molecular weight excluding hydrogens is 184 g/mol. The number of likely N-dealkylation sites (N-methyl/N-ethyl adjacent to an activating group) is 2. The summed E-state index contributed by atoms with van der Waals surface area (Å²) in [4.78, 5) is 13.8. The van der Waals surface area contributed by atoms with Gasteiger partial charge in [0.05, 0.1) is 6.54 Å². The highest BCUT2D eigenvalue weighted by atomic mass is 32.2. The molecule has 0 aliphatic heterocycles. The Morgan fingerprint density at radius 1 is 1.38 bits per heavy atom. The first-order chi connectivity index (χ1) is 6.02. The quantitative estimate of drug-likeness (QED) is 0.682. The van der Waals surface area contributed by atoms with Crippen LogP contribution in [0.25, 0.3) is 0 Å². The first-order valence-corrected chi connectivity index (χ1v) is 6.85. The van der Waals surface area contributed by atoms with E-state index in [-0.39, 0.29) is 17.0 Å². The Kier molecular flexibility index (Phi) is 3.62. The molecule has 4 heteroatoms. The first kappa shape index (κ1) is 10.9. The molecule has 0 unspecified atom stereocenters. The number of thiol groups is 1. The third-order valence-corrected chi connectivity index (χ3v) is 3.94. The summed E-state index contributed by atoms with van der Waals surface area (Å²) in [6, 6.07) is 0.678. The lowest BCUT2D eigenvalue weighted by Gasteiger charge is -2.27. The lowest BCUT2D eigenvalue weighted by molar-refractivity contribution is -0.126. The molecule has 0 aromatic rings. The van der Waals surface area contributed by atoms with Crippen LogP contribution in [-0.4, -0.2) is 54.3 Å². The summed E-state index contributed by atoms with van der Waals surface area (Å²) in [5.74, 6) is 0.255. The Morgan fingerprint density at radius 3 is 2.31 bits per heavy atom. The van der Waals surface area contributed by atoms with E-state index in [4.69, 9.17) is 0 Å². The van der Waals surface area contributed by atoms with Gasteiger partial charge in [0.15, 0.2) is 0 Å². The van der Waals surface area contributed by atoms with Gasteiger partial charge < -0.3 is 4.31 Å². The maximum absolute atomic E-state index is 11.6. The molecule has 0 spiro atoms. The fourth-order valence-electron chi connectivity index (χ4n) is 1.18. The number of carbonyl (C=O) groups is 1. The Balaban J connectivity index is 2.30. The molecule has 3 nitrogen and oxygen atoms in total. The van der Waals surface area contributed by atoms with Gasteiger partial charge in [-0.1, -0.05) is 0 Å². The van der Waals surface area contributed by atoms with Crippen LogP contribution in [0.3, 0.4) is 0 Å². The monoisotopic (exact) mass is 204 g/mol. The Labute approximate surface area is 83.6 Å². The summed E-state index contributed by atoms with van der Waals surface area (Å²) in [5, 5.41) is 0. The molecule has 0 bridgehead atoms. The van der Waals surface area contributed by atoms with Gasteiger partial charge in [0.1, 0.15) is 0 Å². The number of amides is 1. The summed E-state index contributed by atoms with van der Waals surface area (Å²) < 4.78 is 1.87. The smallest absolute Gasteiger partial charge is 0.244 e. The van der Waals surface area contributed by atoms with E-state index in [9.17, 15) is 4.79 Å². The topological polar surface area (TPSA) is 23.6 Å². The van der Waals surface area contributed by atoms with Crippen LogP contribution in [0, 0.1) is 0 Å². The van der Waals surface area contributed by atoms with Gasteiger partial charge in [-0.2, -0.15) is 11.1 Å². The molecular formula is C9H20N2OS.